The summed E-state index contributed by atoms with van der Waals surface area (Å²) in [6.07, 6.45) is 5.20. The van der Waals surface area contributed by atoms with E-state index in [1.807, 2.05) is 19.3 Å². The Kier molecular flexibility index (Phi) is 4.19. The molecular weight excluding hydrogens is 264 g/mol. The number of aryl methyl sites for hydroxylation is 1. The van der Waals surface area contributed by atoms with E-state index in [1.54, 1.807) is 30.1 Å². The van der Waals surface area contributed by atoms with Gasteiger partial charge >= 0.3 is 0 Å². The van der Waals surface area contributed by atoms with Gasteiger partial charge in [-0.25, -0.2) is 4.98 Å². The van der Waals surface area contributed by atoms with Gasteiger partial charge in [-0.05, 0) is 18.6 Å². The van der Waals surface area contributed by atoms with Crippen LogP contribution in [-0.2, 0) is 19.2 Å². The third-order valence-corrected chi connectivity index (χ3v) is 3.14. The summed E-state index contributed by atoms with van der Waals surface area (Å²) in [5.41, 5.74) is 0.858. The lowest BCUT2D eigenvalue weighted by Crippen LogP contribution is -2.34. The van der Waals surface area contributed by atoms with Crippen LogP contribution in [0, 0.1) is 0 Å². The van der Waals surface area contributed by atoms with Crippen molar-refractivity contribution >= 4 is 11.6 Å². The second-order valence-corrected chi connectivity index (χ2v) is 5.16. The number of hydrogen-bond donors (Lipinski definition) is 2. The van der Waals surface area contributed by atoms with Crippen LogP contribution >= 0.6 is 11.6 Å². The normalized spacial score (nSPS) is 14.3. The van der Waals surface area contributed by atoms with E-state index in [-0.39, 0.29) is 0 Å². The van der Waals surface area contributed by atoms with E-state index in [4.69, 9.17) is 11.6 Å². The van der Waals surface area contributed by atoms with E-state index in [0.29, 0.717) is 18.2 Å². The van der Waals surface area contributed by atoms with Gasteiger partial charge in [-0.15, -0.1) is 0 Å². The van der Waals surface area contributed by atoms with E-state index in [0.717, 1.165) is 11.1 Å². The molecule has 0 amide bonds. The fourth-order valence-electron chi connectivity index (χ4n) is 1.76. The highest BCUT2D eigenvalue weighted by atomic mass is 35.5. The Bertz CT molecular complexity index is 536. The largest absolute Gasteiger partial charge is 0.384 e. The second kappa shape index (κ2) is 5.69. The fraction of sp³-hybridized carbons (Fsp3) is 0.385. The molecule has 6 heteroatoms. The van der Waals surface area contributed by atoms with E-state index in [2.05, 4.69) is 15.4 Å². The maximum absolute atomic E-state index is 10.4. The fourth-order valence-corrected chi connectivity index (χ4v) is 1.87. The Labute approximate surface area is 117 Å². The summed E-state index contributed by atoms with van der Waals surface area (Å²) in [6, 6.07) is 3.65. The van der Waals surface area contributed by atoms with E-state index in [9.17, 15) is 5.11 Å². The first kappa shape index (κ1) is 14.0. The zero-order chi connectivity index (χ0) is 13.9. The van der Waals surface area contributed by atoms with Crippen LogP contribution < -0.4 is 5.32 Å². The number of aliphatic hydroxyl groups is 1. The van der Waals surface area contributed by atoms with Gasteiger partial charge in [0.15, 0.2) is 0 Å². The molecule has 0 fully saturated rings. The van der Waals surface area contributed by atoms with Gasteiger partial charge in [0.1, 0.15) is 10.8 Å². The predicted molar refractivity (Wildman–Crippen MR) is 73.7 cm³/mol. The first-order chi connectivity index (χ1) is 8.97. The molecular formula is C13H17ClN4O. The lowest BCUT2D eigenvalue weighted by Gasteiger charge is -2.22. The van der Waals surface area contributed by atoms with Crippen LogP contribution in [0.3, 0.4) is 0 Å². The molecule has 2 heterocycles. The molecule has 1 atom stereocenters. The molecule has 0 saturated carbocycles. The van der Waals surface area contributed by atoms with Crippen molar-refractivity contribution in [3.63, 3.8) is 0 Å². The monoisotopic (exact) mass is 280 g/mol. The highest BCUT2D eigenvalue weighted by molar-refractivity contribution is 6.29. The number of aromatic nitrogens is 3. The zero-order valence-electron chi connectivity index (χ0n) is 11.0. The molecule has 0 aliphatic heterocycles. The van der Waals surface area contributed by atoms with E-state index >= 15 is 0 Å². The number of nitrogens with zero attached hydrogens (tertiary/aromatic N) is 3. The van der Waals surface area contributed by atoms with Crippen molar-refractivity contribution < 1.29 is 5.11 Å². The molecule has 2 aromatic heterocycles. The maximum atomic E-state index is 10.4. The van der Waals surface area contributed by atoms with Gasteiger partial charge in [0.25, 0.3) is 0 Å². The number of rotatable bonds is 5. The molecule has 19 heavy (non-hydrogen) atoms. The van der Waals surface area contributed by atoms with Crippen molar-refractivity contribution in [2.24, 2.45) is 7.05 Å². The predicted octanol–water partition coefficient (Wildman–Crippen LogP) is 1.47. The van der Waals surface area contributed by atoms with Crippen LogP contribution in [0.1, 0.15) is 18.1 Å². The molecule has 0 spiro atoms. The Morgan fingerprint density at radius 1 is 1.42 bits per heavy atom. The maximum Gasteiger partial charge on any atom is 0.129 e. The Morgan fingerprint density at radius 3 is 2.79 bits per heavy atom. The van der Waals surface area contributed by atoms with Crippen molar-refractivity contribution in [1.82, 2.24) is 20.1 Å². The third kappa shape index (κ3) is 3.76. The van der Waals surface area contributed by atoms with Gasteiger partial charge in [0.05, 0.1) is 6.20 Å². The Hall–Kier alpha value is -1.43. The van der Waals surface area contributed by atoms with Crippen molar-refractivity contribution in [3.8, 4) is 0 Å². The number of nitrogens with one attached hydrogen (secondary N) is 1. The molecule has 2 rings (SSSR count). The molecule has 1 unspecified atom stereocenters. The standard InChI is InChI=1S/C13H17ClN4O/c1-13(19,11-7-17-18(2)8-11)9-15-5-10-3-4-12(14)16-6-10/h3-4,6-8,15,19H,5,9H2,1-2H3. The third-order valence-electron chi connectivity index (χ3n) is 2.91. The summed E-state index contributed by atoms with van der Waals surface area (Å²) in [7, 11) is 1.83. The molecule has 2 aromatic rings. The summed E-state index contributed by atoms with van der Waals surface area (Å²) in [5.74, 6) is 0. The van der Waals surface area contributed by atoms with Crippen LogP contribution in [0.2, 0.25) is 5.15 Å². The number of pyridine rings is 1. The first-order valence-corrected chi connectivity index (χ1v) is 6.38. The van der Waals surface area contributed by atoms with Gasteiger partial charge in [0, 0.05) is 38.1 Å². The van der Waals surface area contributed by atoms with Crippen molar-refractivity contribution in [2.75, 3.05) is 6.54 Å². The topological polar surface area (TPSA) is 63.0 Å². The molecule has 0 radical (unpaired) electrons. The Morgan fingerprint density at radius 2 is 2.21 bits per heavy atom. The van der Waals surface area contributed by atoms with Crippen molar-refractivity contribution in [1.29, 1.82) is 0 Å². The second-order valence-electron chi connectivity index (χ2n) is 4.77. The average Bonchev–Trinajstić information content (AvgIpc) is 2.79. The Balaban J connectivity index is 1.89. The minimum absolute atomic E-state index is 0.432. The van der Waals surface area contributed by atoms with Crippen LogP contribution in [0.15, 0.2) is 30.7 Å². The lowest BCUT2D eigenvalue weighted by molar-refractivity contribution is 0.0566. The summed E-state index contributed by atoms with van der Waals surface area (Å²) >= 11 is 5.72. The first-order valence-electron chi connectivity index (χ1n) is 6.00. The smallest absolute Gasteiger partial charge is 0.129 e. The quantitative estimate of drug-likeness (QED) is 0.814. The van der Waals surface area contributed by atoms with E-state index in [1.165, 1.54) is 0 Å². The average molecular weight is 281 g/mol. The summed E-state index contributed by atoms with van der Waals surface area (Å²) in [5, 5.41) is 18.1. The van der Waals surface area contributed by atoms with Crippen LogP contribution in [0.5, 0.6) is 0 Å². The van der Waals surface area contributed by atoms with Crippen molar-refractivity contribution in [2.45, 2.75) is 19.1 Å². The number of hydrogen-bond acceptors (Lipinski definition) is 4. The molecule has 0 bridgehead atoms. The summed E-state index contributed by atoms with van der Waals surface area (Å²) < 4.78 is 1.67. The molecule has 0 aromatic carbocycles. The minimum atomic E-state index is -0.950. The molecule has 0 aliphatic carbocycles. The summed E-state index contributed by atoms with van der Waals surface area (Å²) in [6.45, 7) is 2.82. The van der Waals surface area contributed by atoms with Crippen LogP contribution in [0.4, 0.5) is 0 Å². The molecule has 0 aliphatic rings. The van der Waals surface area contributed by atoms with Crippen LogP contribution in [-0.4, -0.2) is 26.4 Å². The number of halogens is 1. The highest BCUT2D eigenvalue weighted by Gasteiger charge is 2.23. The lowest BCUT2D eigenvalue weighted by atomic mass is 10.00. The SMILES string of the molecule is Cn1cc(C(C)(O)CNCc2ccc(Cl)nc2)cn1. The minimum Gasteiger partial charge on any atom is -0.384 e. The van der Waals surface area contributed by atoms with Gasteiger partial charge in [0.2, 0.25) is 0 Å². The van der Waals surface area contributed by atoms with Gasteiger partial charge in [-0.2, -0.15) is 5.10 Å². The van der Waals surface area contributed by atoms with Crippen LogP contribution in [0.25, 0.3) is 0 Å². The molecule has 2 N–H and O–H groups in total. The van der Waals surface area contributed by atoms with E-state index < -0.39 is 5.60 Å². The highest BCUT2D eigenvalue weighted by Crippen LogP contribution is 2.18. The van der Waals surface area contributed by atoms with Crippen molar-refractivity contribution in [3.05, 3.63) is 47.0 Å². The van der Waals surface area contributed by atoms with Gasteiger partial charge in [-0.1, -0.05) is 17.7 Å². The molecule has 5 nitrogen and oxygen atoms in total. The zero-order valence-corrected chi connectivity index (χ0v) is 11.7. The molecule has 0 saturated heterocycles. The van der Waals surface area contributed by atoms with Gasteiger partial charge < -0.3 is 10.4 Å². The molecule has 102 valence electrons. The van der Waals surface area contributed by atoms with Gasteiger partial charge in [-0.3, -0.25) is 4.68 Å². The summed E-state index contributed by atoms with van der Waals surface area (Å²) in [4.78, 5) is 4.01.